The number of hydrogen-bond acceptors (Lipinski definition) is 6. The molecule has 0 fully saturated rings. The minimum absolute atomic E-state index is 0.374. The number of alkyl halides is 3. The van der Waals surface area contributed by atoms with Crippen molar-refractivity contribution in [1.82, 2.24) is 15.2 Å². The van der Waals surface area contributed by atoms with Crippen LogP contribution < -0.4 is 4.74 Å². The summed E-state index contributed by atoms with van der Waals surface area (Å²) in [5.41, 5.74) is 2.50. The molecule has 0 saturated heterocycles. The molecule has 2 aromatic carbocycles. The van der Waals surface area contributed by atoms with Crippen LogP contribution >= 0.6 is 23.1 Å². The van der Waals surface area contributed by atoms with Gasteiger partial charge in [0.2, 0.25) is 0 Å². The van der Waals surface area contributed by atoms with Crippen molar-refractivity contribution in [1.29, 1.82) is 0 Å². The summed E-state index contributed by atoms with van der Waals surface area (Å²) in [5.74, 6) is 1.16. The molecule has 0 N–H and O–H groups in total. The fourth-order valence-corrected chi connectivity index (χ4v) is 4.80. The number of ether oxygens (including phenoxy) is 1. The number of hydrogen-bond donors (Lipinski definition) is 0. The van der Waals surface area contributed by atoms with Gasteiger partial charge in [0.25, 0.3) is 0 Å². The van der Waals surface area contributed by atoms with Crippen LogP contribution in [0, 0.1) is 6.92 Å². The van der Waals surface area contributed by atoms with E-state index in [9.17, 15) is 13.2 Å². The number of aromatic nitrogens is 3. The number of nitrogens with zero attached hydrogens (tertiary/aromatic N) is 3. The third-order valence-electron chi connectivity index (χ3n) is 4.65. The topological polar surface area (TPSA) is 47.9 Å². The van der Waals surface area contributed by atoms with E-state index < -0.39 is 11.7 Å². The molecule has 4 aromatic rings. The Morgan fingerprint density at radius 3 is 2.44 bits per heavy atom. The quantitative estimate of drug-likeness (QED) is 0.285. The van der Waals surface area contributed by atoms with Gasteiger partial charge in [-0.2, -0.15) is 13.2 Å². The van der Waals surface area contributed by atoms with E-state index in [4.69, 9.17) is 4.74 Å². The molecule has 2 aromatic heterocycles. The number of methoxy groups -OCH3 is 1. The Bertz CT molecular complexity index is 1210. The van der Waals surface area contributed by atoms with Crippen LogP contribution in [0.15, 0.2) is 65.7 Å². The number of rotatable bonds is 6. The van der Waals surface area contributed by atoms with Crippen LogP contribution in [0.5, 0.6) is 5.75 Å². The summed E-state index contributed by atoms with van der Waals surface area (Å²) in [4.78, 5) is 5.58. The van der Waals surface area contributed by atoms with Gasteiger partial charge in [-0.25, -0.2) is 4.98 Å². The molecule has 164 valence electrons. The van der Waals surface area contributed by atoms with Crippen molar-refractivity contribution >= 4 is 23.1 Å². The van der Waals surface area contributed by atoms with Crippen molar-refractivity contribution in [2.24, 2.45) is 0 Å². The molecule has 0 bridgehead atoms. The first-order valence-corrected chi connectivity index (χ1v) is 11.4. The Hall–Kier alpha value is -2.91. The molecular formula is C23H18F3N3OS2. The first-order valence-electron chi connectivity index (χ1n) is 9.58. The molecule has 0 amide bonds. The molecule has 0 aliphatic rings. The third kappa shape index (κ3) is 5.11. The average molecular weight is 474 g/mol. The van der Waals surface area contributed by atoms with Gasteiger partial charge in [-0.3, -0.25) is 0 Å². The standard InChI is InChI=1S/C23H18F3N3OS2/c1-14-21(32-22(27-14)16-6-8-18(30-2)9-7-16)19-10-11-20(29-28-19)31-13-15-4-3-5-17(12-15)23(24,25)26/h3-12H,13H2,1-2H3. The van der Waals surface area contributed by atoms with E-state index in [1.807, 2.05) is 43.3 Å². The second-order valence-electron chi connectivity index (χ2n) is 6.91. The van der Waals surface area contributed by atoms with Crippen LogP contribution in [0.25, 0.3) is 21.1 Å². The van der Waals surface area contributed by atoms with Crippen molar-refractivity contribution in [3.8, 4) is 26.9 Å². The highest BCUT2D eigenvalue weighted by Crippen LogP contribution is 2.35. The Kier molecular flexibility index (Phi) is 6.48. The number of benzene rings is 2. The molecule has 0 radical (unpaired) electrons. The first kappa shape index (κ1) is 22.3. The molecule has 9 heteroatoms. The average Bonchev–Trinajstić information content (AvgIpc) is 3.19. The van der Waals surface area contributed by atoms with Gasteiger partial charge in [0, 0.05) is 11.3 Å². The lowest BCUT2D eigenvalue weighted by Crippen LogP contribution is -2.04. The molecule has 0 spiro atoms. The van der Waals surface area contributed by atoms with E-state index in [0.717, 1.165) is 39.0 Å². The molecule has 0 aliphatic carbocycles. The zero-order valence-corrected chi connectivity index (χ0v) is 18.8. The second kappa shape index (κ2) is 9.30. The van der Waals surface area contributed by atoms with Crippen LogP contribution in [0.4, 0.5) is 13.2 Å². The lowest BCUT2D eigenvalue weighted by Gasteiger charge is -2.08. The molecule has 4 rings (SSSR count). The Morgan fingerprint density at radius 2 is 1.78 bits per heavy atom. The summed E-state index contributed by atoms with van der Waals surface area (Å²) in [5, 5.41) is 10.1. The third-order valence-corrected chi connectivity index (χ3v) is 6.87. The zero-order valence-electron chi connectivity index (χ0n) is 17.2. The summed E-state index contributed by atoms with van der Waals surface area (Å²) in [6.45, 7) is 1.93. The Labute approximate surface area is 191 Å². The SMILES string of the molecule is COc1ccc(-c2nc(C)c(-c3ccc(SCc4cccc(C(F)(F)F)c4)nn3)s2)cc1. The molecule has 32 heavy (non-hydrogen) atoms. The summed E-state index contributed by atoms with van der Waals surface area (Å²) in [6.07, 6.45) is -4.35. The lowest BCUT2D eigenvalue weighted by molar-refractivity contribution is -0.137. The van der Waals surface area contributed by atoms with Gasteiger partial charge in [0.1, 0.15) is 21.5 Å². The van der Waals surface area contributed by atoms with E-state index in [1.54, 1.807) is 13.2 Å². The molecule has 0 saturated carbocycles. The minimum atomic E-state index is -4.35. The first-order chi connectivity index (χ1) is 15.3. The van der Waals surface area contributed by atoms with E-state index in [-0.39, 0.29) is 0 Å². The molecule has 4 nitrogen and oxygen atoms in total. The predicted octanol–water partition coefficient (Wildman–Crippen LogP) is 6.90. The van der Waals surface area contributed by atoms with Crippen LogP contribution in [-0.2, 0) is 11.9 Å². The highest BCUT2D eigenvalue weighted by molar-refractivity contribution is 7.98. The maximum atomic E-state index is 12.9. The van der Waals surface area contributed by atoms with Gasteiger partial charge in [0.15, 0.2) is 0 Å². The van der Waals surface area contributed by atoms with Crippen molar-refractivity contribution in [3.05, 3.63) is 77.5 Å². The van der Waals surface area contributed by atoms with Crippen LogP contribution in [0.3, 0.4) is 0 Å². The summed E-state index contributed by atoms with van der Waals surface area (Å²) in [7, 11) is 1.63. The summed E-state index contributed by atoms with van der Waals surface area (Å²) < 4.78 is 43.8. The zero-order chi connectivity index (χ0) is 22.7. The van der Waals surface area contributed by atoms with Crippen LogP contribution in [-0.4, -0.2) is 22.3 Å². The van der Waals surface area contributed by atoms with E-state index in [0.29, 0.717) is 22.0 Å². The van der Waals surface area contributed by atoms with E-state index in [2.05, 4.69) is 15.2 Å². The highest BCUT2D eigenvalue weighted by Gasteiger charge is 2.30. The molecule has 0 aliphatic heterocycles. The predicted molar refractivity (Wildman–Crippen MR) is 121 cm³/mol. The lowest BCUT2D eigenvalue weighted by atomic mass is 10.1. The number of aryl methyl sites for hydroxylation is 1. The normalized spacial score (nSPS) is 11.5. The van der Waals surface area contributed by atoms with Gasteiger partial charge >= 0.3 is 6.18 Å². The molecular weight excluding hydrogens is 455 g/mol. The second-order valence-corrected chi connectivity index (χ2v) is 8.90. The molecule has 0 atom stereocenters. The number of halogens is 3. The Balaban J connectivity index is 1.46. The number of thioether (sulfide) groups is 1. The van der Waals surface area contributed by atoms with Crippen molar-refractivity contribution in [2.75, 3.05) is 7.11 Å². The maximum absolute atomic E-state index is 12.9. The number of thiazole rings is 1. The van der Waals surface area contributed by atoms with Gasteiger partial charge in [-0.05, 0) is 55.0 Å². The van der Waals surface area contributed by atoms with Crippen molar-refractivity contribution in [2.45, 2.75) is 23.9 Å². The van der Waals surface area contributed by atoms with Crippen molar-refractivity contribution in [3.63, 3.8) is 0 Å². The van der Waals surface area contributed by atoms with Gasteiger partial charge < -0.3 is 4.74 Å². The Morgan fingerprint density at radius 1 is 1.00 bits per heavy atom. The maximum Gasteiger partial charge on any atom is 0.416 e. The molecule has 2 heterocycles. The van der Waals surface area contributed by atoms with E-state index in [1.165, 1.54) is 29.2 Å². The summed E-state index contributed by atoms with van der Waals surface area (Å²) in [6, 6.07) is 16.7. The minimum Gasteiger partial charge on any atom is -0.497 e. The smallest absolute Gasteiger partial charge is 0.416 e. The molecule has 0 unspecified atom stereocenters. The monoisotopic (exact) mass is 473 g/mol. The van der Waals surface area contributed by atoms with Crippen LogP contribution in [0.1, 0.15) is 16.8 Å². The van der Waals surface area contributed by atoms with E-state index >= 15 is 0 Å². The fraction of sp³-hybridized carbons (Fsp3) is 0.174. The summed E-state index contributed by atoms with van der Waals surface area (Å²) >= 11 is 2.87. The largest absolute Gasteiger partial charge is 0.497 e. The fourth-order valence-electron chi connectivity index (χ4n) is 3.00. The van der Waals surface area contributed by atoms with Crippen molar-refractivity contribution < 1.29 is 17.9 Å². The van der Waals surface area contributed by atoms with Gasteiger partial charge in [-0.1, -0.05) is 30.0 Å². The highest BCUT2D eigenvalue weighted by atomic mass is 32.2. The van der Waals surface area contributed by atoms with Gasteiger partial charge in [0.05, 0.1) is 23.2 Å². The van der Waals surface area contributed by atoms with Gasteiger partial charge in [-0.15, -0.1) is 21.5 Å². The van der Waals surface area contributed by atoms with Crippen LogP contribution in [0.2, 0.25) is 0 Å².